The summed E-state index contributed by atoms with van der Waals surface area (Å²) in [6.07, 6.45) is -0.771. The summed E-state index contributed by atoms with van der Waals surface area (Å²) in [5.74, 6) is 0.356. The van der Waals surface area contributed by atoms with E-state index >= 15 is 0 Å². The Labute approximate surface area is 224 Å². The van der Waals surface area contributed by atoms with E-state index in [2.05, 4.69) is 10.2 Å². The highest BCUT2D eigenvalue weighted by molar-refractivity contribution is 6.11. The monoisotopic (exact) mass is 541 g/mol. The summed E-state index contributed by atoms with van der Waals surface area (Å²) in [5.41, 5.74) is 0.810. The number of aliphatic hydroxyl groups excluding tert-OH is 1. The van der Waals surface area contributed by atoms with Crippen molar-refractivity contribution in [1.29, 1.82) is 0 Å². The van der Waals surface area contributed by atoms with Gasteiger partial charge in [-0.3, -0.25) is 4.79 Å². The van der Waals surface area contributed by atoms with Gasteiger partial charge in [0.15, 0.2) is 0 Å². The number of halogens is 3. The first kappa shape index (κ1) is 25.8. The first-order chi connectivity index (χ1) is 18.7. The number of ether oxygens (including phenoxy) is 1. The van der Waals surface area contributed by atoms with Crippen LogP contribution in [0.25, 0.3) is 0 Å². The molecule has 11 heteroatoms. The van der Waals surface area contributed by atoms with E-state index < -0.39 is 17.6 Å². The molecule has 0 saturated carbocycles. The number of aromatic nitrogens is 3. The lowest BCUT2D eigenvalue weighted by Crippen LogP contribution is -2.49. The Bertz CT molecular complexity index is 1400. The molecule has 4 heterocycles. The SMILES string of the molecule is Cn1cnnc1CC1(c2cccc(N3Cc4c(cc(N5CCCC(CO)C5)cc4C(F)(F)F)C3=O)c2)COC1. The summed E-state index contributed by atoms with van der Waals surface area (Å²) >= 11 is 0. The van der Waals surface area contributed by atoms with Crippen molar-refractivity contribution in [3.63, 3.8) is 0 Å². The van der Waals surface area contributed by atoms with Gasteiger partial charge in [-0.2, -0.15) is 13.2 Å². The summed E-state index contributed by atoms with van der Waals surface area (Å²) in [6.45, 7) is 1.83. The number of amides is 1. The Morgan fingerprint density at radius 1 is 1.18 bits per heavy atom. The quantitative estimate of drug-likeness (QED) is 0.513. The first-order valence-corrected chi connectivity index (χ1v) is 13.1. The van der Waals surface area contributed by atoms with Gasteiger partial charge in [0.05, 0.1) is 25.3 Å². The van der Waals surface area contributed by atoms with Crippen LogP contribution in [0.2, 0.25) is 0 Å². The number of anilines is 2. The topological polar surface area (TPSA) is 83.7 Å². The molecule has 2 saturated heterocycles. The van der Waals surface area contributed by atoms with E-state index in [4.69, 9.17) is 4.74 Å². The van der Waals surface area contributed by atoms with Crippen molar-refractivity contribution in [2.75, 3.05) is 42.7 Å². The minimum atomic E-state index is -4.60. The lowest BCUT2D eigenvalue weighted by Gasteiger charge is -2.42. The average Bonchev–Trinajstić information content (AvgIpc) is 3.47. The molecular weight excluding hydrogens is 511 g/mol. The van der Waals surface area contributed by atoms with Gasteiger partial charge in [-0.1, -0.05) is 12.1 Å². The molecule has 0 radical (unpaired) electrons. The summed E-state index contributed by atoms with van der Waals surface area (Å²) < 4.78 is 50.2. The number of carbonyl (C=O) groups is 1. The highest BCUT2D eigenvalue weighted by Gasteiger charge is 2.44. The Morgan fingerprint density at radius 3 is 2.67 bits per heavy atom. The van der Waals surface area contributed by atoms with Crippen LogP contribution in [0.1, 0.15) is 45.7 Å². The van der Waals surface area contributed by atoms with E-state index in [1.54, 1.807) is 18.5 Å². The fraction of sp³-hybridized carbons (Fsp3) is 0.464. The van der Waals surface area contributed by atoms with Gasteiger partial charge in [0.2, 0.25) is 0 Å². The van der Waals surface area contributed by atoms with Crippen LogP contribution in [0.3, 0.4) is 0 Å². The number of fused-ring (bicyclic) bond motifs is 1. The predicted molar refractivity (Wildman–Crippen MR) is 138 cm³/mol. The van der Waals surface area contributed by atoms with Gasteiger partial charge < -0.3 is 24.2 Å². The van der Waals surface area contributed by atoms with E-state index in [0.29, 0.717) is 44.1 Å². The predicted octanol–water partition coefficient (Wildman–Crippen LogP) is 3.71. The second-order valence-corrected chi connectivity index (χ2v) is 10.9. The zero-order chi connectivity index (χ0) is 27.4. The molecule has 6 rings (SSSR count). The summed E-state index contributed by atoms with van der Waals surface area (Å²) in [4.78, 5) is 16.9. The summed E-state index contributed by atoms with van der Waals surface area (Å²) in [5, 5.41) is 17.8. The molecule has 39 heavy (non-hydrogen) atoms. The molecule has 2 fully saturated rings. The summed E-state index contributed by atoms with van der Waals surface area (Å²) in [6, 6.07) is 10.2. The molecule has 1 unspecified atom stereocenters. The Balaban J connectivity index is 1.34. The largest absolute Gasteiger partial charge is 0.416 e. The zero-order valence-electron chi connectivity index (χ0n) is 21.6. The van der Waals surface area contributed by atoms with Gasteiger partial charge in [-0.05, 0) is 54.2 Å². The molecule has 1 N–H and O–H groups in total. The number of aliphatic hydroxyl groups is 1. The van der Waals surface area contributed by atoms with Crippen molar-refractivity contribution < 1.29 is 27.8 Å². The number of hydrogen-bond donors (Lipinski definition) is 1. The highest BCUT2D eigenvalue weighted by atomic mass is 19.4. The second-order valence-electron chi connectivity index (χ2n) is 10.9. The standard InChI is InChI=1S/C28H30F3N5O3/c1-34-17-32-33-25(34)11-27(15-39-16-27)19-5-2-6-20(8-19)36-13-23-22(26(36)38)9-21(10-24(23)28(29,30)31)35-7-3-4-18(12-35)14-37/h2,5-6,8-10,17-18,37H,3-4,7,11-16H2,1H3. The third kappa shape index (κ3) is 4.57. The average molecular weight is 542 g/mol. The van der Waals surface area contributed by atoms with Crippen molar-refractivity contribution in [3.05, 3.63) is 70.8 Å². The van der Waals surface area contributed by atoms with Gasteiger partial charge in [0.1, 0.15) is 12.2 Å². The number of carbonyl (C=O) groups excluding carboxylic acids is 1. The second kappa shape index (κ2) is 9.63. The lowest BCUT2D eigenvalue weighted by atomic mass is 9.75. The van der Waals surface area contributed by atoms with Crippen LogP contribution in [-0.2, 0) is 36.3 Å². The van der Waals surface area contributed by atoms with Crippen molar-refractivity contribution in [2.24, 2.45) is 13.0 Å². The van der Waals surface area contributed by atoms with Crippen LogP contribution in [-0.4, -0.2) is 58.7 Å². The number of alkyl halides is 3. The number of rotatable bonds is 6. The molecule has 3 aliphatic rings. The van der Waals surface area contributed by atoms with Crippen LogP contribution in [0, 0.1) is 5.92 Å². The molecule has 1 aromatic heterocycles. The maximum absolute atomic E-state index is 14.3. The molecular formula is C28H30F3N5O3. The molecule has 0 aliphatic carbocycles. The van der Waals surface area contributed by atoms with Gasteiger partial charge in [-0.25, -0.2) is 0 Å². The maximum Gasteiger partial charge on any atom is 0.416 e. The fourth-order valence-corrected chi connectivity index (χ4v) is 5.98. The van der Waals surface area contributed by atoms with Gasteiger partial charge >= 0.3 is 6.18 Å². The number of nitrogens with zero attached hydrogens (tertiary/aromatic N) is 5. The summed E-state index contributed by atoms with van der Waals surface area (Å²) in [7, 11) is 1.87. The number of benzene rings is 2. The van der Waals surface area contributed by atoms with Gasteiger partial charge in [-0.15, -0.1) is 10.2 Å². The number of piperidine rings is 1. The van der Waals surface area contributed by atoms with Crippen LogP contribution in [0.5, 0.6) is 0 Å². The minimum Gasteiger partial charge on any atom is -0.396 e. The molecule has 1 atom stereocenters. The number of aryl methyl sites for hydroxylation is 1. The van der Waals surface area contributed by atoms with Crippen LogP contribution in [0.15, 0.2) is 42.7 Å². The molecule has 8 nitrogen and oxygen atoms in total. The van der Waals surface area contributed by atoms with Crippen LogP contribution >= 0.6 is 0 Å². The third-order valence-electron chi connectivity index (χ3n) is 8.30. The van der Waals surface area contributed by atoms with E-state index in [1.165, 1.54) is 4.90 Å². The van der Waals surface area contributed by atoms with Crippen molar-refractivity contribution in [1.82, 2.24) is 14.8 Å². The van der Waals surface area contributed by atoms with E-state index in [-0.39, 0.29) is 35.6 Å². The van der Waals surface area contributed by atoms with E-state index in [0.717, 1.165) is 30.3 Å². The van der Waals surface area contributed by atoms with E-state index in [1.807, 2.05) is 34.7 Å². The maximum atomic E-state index is 14.3. The molecule has 206 valence electrons. The Kier molecular flexibility index (Phi) is 6.38. The highest BCUT2D eigenvalue weighted by Crippen LogP contribution is 2.43. The van der Waals surface area contributed by atoms with Crippen molar-refractivity contribution in [2.45, 2.75) is 37.4 Å². The zero-order valence-corrected chi connectivity index (χ0v) is 21.6. The van der Waals surface area contributed by atoms with Gasteiger partial charge in [0, 0.05) is 55.5 Å². The van der Waals surface area contributed by atoms with Crippen LogP contribution in [0.4, 0.5) is 24.5 Å². The third-order valence-corrected chi connectivity index (χ3v) is 8.30. The van der Waals surface area contributed by atoms with Crippen LogP contribution < -0.4 is 9.80 Å². The Morgan fingerprint density at radius 2 is 2.00 bits per heavy atom. The van der Waals surface area contributed by atoms with Crippen molar-refractivity contribution >= 4 is 17.3 Å². The van der Waals surface area contributed by atoms with Gasteiger partial charge in [0.25, 0.3) is 5.91 Å². The molecule has 3 aliphatic heterocycles. The molecule has 0 spiro atoms. The molecule has 1 amide bonds. The Hall–Kier alpha value is -3.44. The molecule has 0 bridgehead atoms. The first-order valence-electron chi connectivity index (χ1n) is 13.1. The number of hydrogen-bond acceptors (Lipinski definition) is 6. The van der Waals surface area contributed by atoms with Crippen molar-refractivity contribution in [3.8, 4) is 0 Å². The smallest absolute Gasteiger partial charge is 0.396 e. The minimum absolute atomic E-state index is 0.000586. The van der Waals surface area contributed by atoms with E-state index in [9.17, 15) is 23.1 Å². The lowest BCUT2D eigenvalue weighted by molar-refractivity contribution is -0.138. The normalized spacial score (nSPS) is 20.7. The molecule has 2 aromatic carbocycles. The fourth-order valence-electron chi connectivity index (χ4n) is 5.98. The molecule has 3 aromatic rings.